The predicted octanol–water partition coefficient (Wildman–Crippen LogP) is 5.29. The monoisotopic (exact) mass is 420 g/mol. The zero-order valence-corrected chi connectivity index (χ0v) is 17.2. The number of fused-ring (bicyclic) bond motifs is 2. The Morgan fingerprint density at radius 2 is 1.00 bits per heavy atom. The number of aromatic amines is 1. The highest BCUT2D eigenvalue weighted by Crippen LogP contribution is 2.47. The lowest BCUT2D eigenvalue weighted by Gasteiger charge is -2.19. The van der Waals surface area contributed by atoms with Crippen molar-refractivity contribution < 1.29 is 14.6 Å². The van der Waals surface area contributed by atoms with Crippen molar-refractivity contribution in [3.05, 3.63) is 58.9 Å². The molecule has 2 heterocycles. The van der Waals surface area contributed by atoms with Crippen molar-refractivity contribution in [2.24, 2.45) is 0 Å². The first-order valence-corrected chi connectivity index (χ1v) is 10.2. The first-order chi connectivity index (χ1) is 15.6. The number of H-pyrrole nitrogens is 1. The number of rotatable bonds is 2. The molecule has 0 aliphatic carbocycles. The van der Waals surface area contributed by atoms with Gasteiger partial charge in [-0.2, -0.15) is 4.98 Å². The summed E-state index contributed by atoms with van der Waals surface area (Å²) in [5.74, 6) is 0.929. The minimum absolute atomic E-state index is 0.109. The van der Waals surface area contributed by atoms with E-state index in [1.165, 1.54) is 0 Å². The summed E-state index contributed by atoms with van der Waals surface area (Å²) in [4.78, 5) is 19.7. The van der Waals surface area contributed by atoms with Gasteiger partial charge in [0.1, 0.15) is 0 Å². The zero-order valence-electron chi connectivity index (χ0n) is 17.2. The highest BCUT2D eigenvalue weighted by atomic mass is 16.5. The molecule has 6 heteroatoms. The number of methoxy groups -OCH3 is 2. The average molecular weight is 420 g/mol. The van der Waals surface area contributed by atoms with E-state index in [2.05, 4.69) is 22.1 Å². The Bertz CT molecular complexity index is 1860. The maximum atomic E-state index is 12.6. The summed E-state index contributed by atoms with van der Waals surface area (Å²) in [6.45, 7) is 0. The van der Waals surface area contributed by atoms with Gasteiger partial charge in [-0.1, -0.05) is 24.3 Å². The van der Waals surface area contributed by atoms with Crippen LogP contribution in [0, 0.1) is 0 Å². The van der Waals surface area contributed by atoms with Gasteiger partial charge in [0.25, 0.3) is 5.56 Å². The van der Waals surface area contributed by atoms with Crippen LogP contribution in [0.3, 0.4) is 0 Å². The number of hydrogen-bond donors (Lipinski definition) is 2. The number of ether oxygens (including phenoxy) is 2. The van der Waals surface area contributed by atoms with Crippen LogP contribution < -0.4 is 15.0 Å². The van der Waals surface area contributed by atoms with Gasteiger partial charge in [-0.3, -0.25) is 9.78 Å². The van der Waals surface area contributed by atoms with Crippen molar-refractivity contribution >= 4 is 64.6 Å². The highest BCUT2D eigenvalue weighted by molar-refractivity contribution is 6.40. The standard InChI is InChI=1S/C26H16N2O4/c1-31-25-17-9-5-13-11-3-7-15-21-16(24(30)27-23(15)29)8-4-12(19(11)21)14-6-10-18(22(17)20(13)14)26(28-25)32-2/h3-10H,1-2H3,(H2,27,29,30). The van der Waals surface area contributed by atoms with Gasteiger partial charge in [0.2, 0.25) is 11.8 Å². The summed E-state index contributed by atoms with van der Waals surface area (Å²) in [6, 6.07) is 15.9. The Morgan fingerprint density at radius 3 is 1.50 bits per heavy atom. The first kappa shape index (κ1) is 17.4. The molecule has 7 aromatic rings. The van der Waals surface area contributed by atoms with E-state index in [1.54, 1.807) is 14.2 Å². The minimum Gasteiger partial charge on any atom is -0.494 e. The molecule has 7 rings (SSSR count). The second kappa shape index (κ2) is 5.68. The van der Waals surface area contributed by atoms with E-state index < -0.39 is 0 Å². The summed E-state index contributed by atoms with van der Waals surface area (Å²) in [5, 5.41) is 21.6. The maximum Gasteiger partial charge on any atom is 0.258 e. The molecule has 0 unspecified atom stereocenters. The van der Waals surface area contributed by atoms with Crippen LogP contribution in [-0.4, -0.2) is 29.3 Å². The van der Waals surface area contributed by atoms with Gasteiger partial charge in [0, 0.05) is 32.3 Å². The fourth-order valence-corrected chi connectivity index (χ4v) is 5.40. The quantitative estimate of drug-likeness (QED) is 0.293. The summed E-state index contributed by atoms with van der Waals surface area (Å²) in [6.07, 6.45) is 0. The molecule has 0 amide bonds. The summed E-state index contributed by atoms with van der Waals surface area (Å²) >= 11 is 0. The molecule has 2 aromatic heterocycles. The van der Waals surface area contributed by atoms with Crippen LogP contribution in [0.25, 0.3) is 64.6 Å². The number of aromatic hydroxyl groups is 1. The first-order valence-electron chi connectivity index (χ1n) is 10.2. The number of nitrogens with zero attached hydrogens (tertiary/aromatic N) is 1. The third-order valence-electron chi connectivity index (χ3n) is 6.68. The Kier molecular flexibility index (Phi) is 3.08. The number of pyridine rings is 2. The lowest BCUT2D eigenvalue weighted by atomic mass is 9.86. The Hall–Kier alpha value is -4.32. The molecule has 0 fully saturated rings. The van der Waals surface area contributed by atoms with Crippen LogP contribution in [0.5, 0.6) is 17.6 Å². The molecule has 0 radical (unpaired) electrons. The number of hydrogen-bond acceptors (Lipinski definition) is 5. The topological polar surface area (TPSA) is 84.4 Å². The lowest BCUT2D eigenvalue weighted by molar-refractivity contribution is 0.372. The molecular weight excluding hydrogens is 404 g/mol. The molecule has 0 aliphatic heterocycles. The van der Waals surface area contributed by atoms with Gasteiger partial charge in [0.05, 0.1) is 14.2 Å². The third kappa shape index (κ3) is 1.86. The van der Waals surface area contributed by atoms with Gasteiger partial charge in [-0.25, -0.2) is 0 Å². The van der Waals surface area contributed by atoms with Crippen molar-refractivity contribution in [1.82, 2.24) is 9.97 Å². The molecule has 154 valence electrons. The van der Waals surface area contributed by atoms with E-state index in [9.17, 15) is 9.90 Å². The Labute approximate surface area is 180 Å². The van der Waals surface area contributed by atoms with E-state index in [-0.39, 0.29) is 11.4 Å². The number of aromatic nitrogens is 2. The molecule has 6 nitrogen and oxygen atoms in total. The van der Waals surface area contributed by atoms with E-state index in [1.807, 2.05) is 36.4 Å². The third-order valence-corrected chi connectivity index (χ3v) is 6.68. The fraction of sp³-hybridized carbons (Fsp3) is 0.0769. The predicted molar refractivity (Wildman–Crippen MR) is 127 cm³/mol. The normalized spacial score (nSPS) is 12.3. The largest absolute Gasteiger partial charge is 0.494 e. The SMILES string of the molecule is COc1nc(OC)c2ccc3c4ccc5c(=O)[nH]c(O)c6ccc(c7ccc1c2c73)c4c65. The smallest absolute Gasteiger partial charge is 0.258 e. The minimum atomic E-state index is -0.296. The second-order valence-corrected chi connectivity index (χ2v) is 8.08. The van der Waals surface area contributed by atoms with Crippen molar-refractivity contribution in [1.29, 1.82) is 0 Å². The Morgan fingerprint density at radius 1 is 0.625 bits per heavy atom. The molecule has 0 bridgehead atoms. The van der Waals surface area contributed by atoms with Crippen molar-refractivity contribution in [3.63, 3.8) is 0 Å². The van der Waals surface area contributed by atoms with Gasteiger partial charge >= 0.3 is 0 Å². The van der Waals surface area contributed by atoms with E-state index in [4.69, 9.17) is 9.47 Å². The van der Waals surface area contributed by atoms with Gasteiger partial charge < -0.3 is 14.6 Å². The van der Waals surface area contributed by atoms with Crippen LogP contribution >= 0.6 is 0 Å². The van der Waals surface area contributed by atoms with Crippen LogP contribution in [0.15, 0.2) is 53.3 Å². The molecule has 0 aliphatic rings. The number of benzene rings is 5. The van der Waals surface area contributed by atoms with Crippen LogP contribution in [0.1, 0.15) is 0 Å². The average Bonchev–Trinajstić information content (AvgIpc) is 2.82. The maximum absolute atomic E-state index is 12.6. The van der Waals surface area contributed by atoms with E-state index in [0.717, 1.165) is 53.9 Å². The zero-order chi connectivity index (χ0) is 21.7. The van der Waals surface area contributed by atoms with Crippen LogP contribution in [-0.2, 0) is 0 Å². The van der Waals surface area contributed by atoms with Crippen molar-refractivity contribution in [2.45, 2.75) is 0 Å². The molecule has 0 spiro atoms. The molecule has 0 atom stereocenters. The Balaban J connectivity index is 1.85. The highest BCUT2D eigenvalue weighted by Gasteiger charge is 2.22. The lowest BCUT2D eigenvalue weighted by Crippen LogP contribution is -2.06. The molecule has 32 heavy (non-hydrogen) atoms. The molecule has 0 saturated heterocycles. The summed E-state index contributed by atoms with van der Waals surface area (Å²) < 4.78 is 11.2. The molecule has 5 aromatic carbocycles. The van der Waals surface area contributed by atoms with E-state index in [0.29, 0.717) is 22.5 Å². The molecule has 2 N–H and O–H groups in total. The second-order valence-electron chi connectivity index (χ2n) is 8.08. The summed E-state index contributed by atoms with van der Waals surface area (Å²) in [5.41, 5.74) is -0.296. The van der Waals surface area contributed by atoms with Crippen LogP contribution in [0.4, 0.5) is 0 Å². The van der Waals surface area contributed by atoms with Crippen molar-refractivity contribution in [3.8, 4) is 17.6 Å². The van der Waals surface area contributed by atoms with Gasteiger partial charge in [-0.15, -0.1) is 0 Å². The fourth-order valence-electron chi connectivity index (χ4n) is 5.40. The van der Waals surface area contributed by atoms with Gasteiger partial charge in [-0.05, 0) is 56.6 Å². The number of nitrogens with one attached hydrogen (secondary N) is 1. The molecule has 0 saturated carbocycles. The molecular formula is C26H16N2O4. The van der Waals surface area contributed by atoms with E-state index >= 15 is 0 Å². The van der Waals surface area contributed by atoms with Crippen LogP contribution in [0.2, 0.25) is 0 Å². The van der Waals surface area contributed by atoms with Gasteiger partial charge in [0.15, 0.2) is 5.88 Å². The summed E-state index contributed by atoms with van der Waals surface area (Å²) in [7, 11) is 3.22. The van der Waals surface area contributed by atoms with Crippen molar-refractivity contribution in [2.75, 3.05) is 14.2 Å².